The Bertz CT molecular complexity index is 112. The van der Waals surface area contributed by atoms with E-state index in [1.165, 1.54) is 0 Å². The smallest absolute Gasteiger partial charge is 0.388 e. The Morgan fingerprint density at radius 1 is 1.78 bits per heavy atom. The Morgan fingerprint density at radius 2 is 2.56 bits per heavy atom. The Kier molecular flexibility index (Phi) is 2.52. The predicted octanol–water partition coefficient (Wildman–Crippen LogP) is -0.882. The fraction of sp³-hybridized carbons (Fsp3) is 0.800. The van der Waals surface area contributed by atoms with E-state index in [9.17, 15) is 4.79 Å². The molecule has 9 heavy (non-hydrogen) atoms. The number of rotatable bonds is 1. The number of nitrogens with one attached hydrogen (secondary N) is 1. The molecule has 1 atom stereocenters. The second kappa shape index (κ2) is 3.21. The molecule has 0 radical (unpaired) electrons. The van der Waals surface area contributed by atoms with Crippen LogP contribution >= 0.6 is 0 Å². The normalized spacial score (nSPS) is 26.0. The van der Waals surface area contributed by atoms with Crippen LogP contribution in [-0.2, 0) is 4.74 Å². The van der Waals surface area contributed by atoms with Gasteiger partial charge in [0.05, 0.1) is 0 Å². The van der Waals surface area contributed by atoms with E-state index in [-0.39, 0.29) is 10.9 Å². The molecule has 0 spiro atoms. The van der Waals surface area contributed by atoms with Gasteiger partial charge in [0.25, 0.3) is 0 Å². The highest BCUT2D eigenvalue weighted by Crippen LogP contribution is 2.01. The minimum absolute atomic E-state index is 0.0382. The van der Waals surface area contributed by atoms with Crippen LogP contribution in [0.15, 0.2) is 0 Å². The zero-order valence-corrected chi connectivity index (χ0v) is 7.52. The third-order valence-electron chi connectivity index (χ3n) is 1.35. The quantitative estimate of drug-likeness (QED) is 0.484. The van der Waals surface area contributed by atoms with Crippen LogP contribution in [0.4, 0.5) is 4.79 Å². The lowest BCUT2D eigenvalue weighted by Crippen LogP contribution is -2.19. The topological polar surface area (TPSA) is 38.3 Å². The molecule has 50 valence electrons. The van der Waals surface area contributed by atoms with Crippen molar-refractivity contribution in [2.75, 3.05) is 13.1 Å². The third-order valence-corrected chi connectivity index (χ3v) is 1.58. The zero-order chi connectivity index (χ0) is 6.69. The van der Waals surface area contributed by atoms with Gasteiger partial charge in [0.15, 0.2) is 4.83 Å². The molecule has 0 aromatic carbocycles. The standard InChI is InChI=1S/C5H8NO2.Al.2H/c7-4-8-5-1-2-6-3-5;;;/h5-6H,1-3H2;;;. The first-order valence-corrected chi connectivity index (χ1v) is 4.17. The fourth-order valence-corrected chi connectivity index (χ4v) is 1.30. The number of ether oxygens (including phenoxy) is 1. The molecule has 1 heterocycles. The average molecular weight is 143 g/mol. The molecular weight excluding hydrogens is 133 g/mol. The number of hydrogen-bond acceptors (Lipinski definition) is 3. The molecule has 0 amide bonds. The van der Waals surface area contributed by atoms with Gasteiger partial charge >= 0.3 is 16.3 Å². The summed E-state index contributed by atoms with van der Waals surface area (Å²) in [5, 5.41) is 3.12. The first-order chi connectivity index (χ1) is 4.29. The van der Waals surface area contributed by atoms with E-state index in [1.807, 2.05) is 0 Å². The molecule has 4 heteroatoms. The number of carbonyl (C=O) groups excluding carboxylic acids is 1. The van der Waals surface area contributed by atoms with Gasteiger partial charge in [-0.2, -0.15) is 0 Å². The second-order valence-electron chi connectivity index (χ2n) is 2.22. The van der Waals surface area contributed by atoms with Gasteiger partial charge in [0.1, 0.15) is 6.10 Å². The van der Waals surface area contributed by atoms with Gasteiger partial charge in [0.2, 0.25) is 0 Å². The first kappa shape index (κ1) is 7.07. The first-order valence-electron chi connectivity index (χ1n) is 3.17. The molecule has 0 saturated carbocycles. The van der Waals surface area contributed by atoms with Gasteiger partial charge in [0, 0.05) is 6.54 Å². The van der Waals surface area contributed by atoms with Gasteiger partial charge in [-0.3, -0.25) is 4.79 Å². The van der Waals surface area contributed by atoms with E-state index in [2.05, 4.69) is 5.32 Å². The number of carbonyl (C=O) groups is 1. The summed E-state index contributed by atoms with van der Waals surface area (Å²) >= 11 is 0.515. The summed E-state index contributed by atoms with van der Waals surface area (Å²) < 4.78 is 4.97. The molecule has 0 aliphatic carbocycles. The van der Waals surface area contributed by atoms with Crippen molar-refractivity contribution in [3.05, 3.63) is 0 Å². The van der Waals surface area contributed by atoms with Crippen molar-refractivity contribution in [1.29, 1.82) is 0 Å². The van der Waals surface area contributed by atoms with E-state index in [0.717, 1.165) is 19.5 Å². The van der Waals surface area contributed by atoms with Crippen LogP contribution in [0.5, 0.6) is 0 Å². The molecule has 1 aliphatic heterocycles. The van der Waals surface area contributed by atoms with Crippen LogP contribution in [0.25, 0.3) is 0 Å². The minimum Gasteiger partial charge on any atom is -0.476 e. The van der Waals surface area contributed by atoms with Crippen LogP contribution in [0, 0.1) is 0 Å². The van der Waals surface area contributed by atoms with Crippen molar-refractivity contribution in [2.45, 2.75) is 12.5 Å². The van der Waals surface area contributed by atoms with Gasteiger partial charge in [-0.25, -0.2) is 0 Å². The highest BCUT2D eigenvalue weighted by molar-refractivity contribution is 6.55. The third kappa shape index (κ3) is 2.36. The molecule has 1 fully saturated rings. The Balaban J connectivity index is 2.19. The maximum absolute atomic E-state index is 10.4. The van der Waals surface area contributed by atoms with E-state index < -0.39 is 0 Å². The maximum atomic E-state index is 10.4. The summed E-state index contributed by atoms with van der Waals surface area (Å²) in [6, 6.07) is 0. The molecule has 0 aromatic rings. The van der Waals surface area contributed by atoms with Gasteiger partial charge in [-0.15, -0.1) is 0 Å². The Labute approximate surface area is 62.2 Å². The van der Waals surface area contributed by atoms with E-state index >= 15 is 0 Å². The summed E-state index contributed by atoms with van der Waals surface area (Å²) in [7, 11) is 0. The van der Waals surface area contributed by atoms with E-state index in [1.54, 1.807) is 0 Å². The van der Waals surface area contributed by atoms with Crippen LogP contribution < -0.4 is 5.32 Å². The highest BCUT2D eigenvalue weighted by Gasteiger charge is 2.15. The van der Waals surface area contributed by atoms with Crippen molar-refractivity contribution in [1.82, 2.24) is 5.32 Å². The highest BCUT2D eigenvalue weighted by atomic mass is 27.0. The molecule has 1 aliphatic rings. The fourth-order valence-electron chi connectivity index (χ4n) is 0.963. The summed E-state index contributed by atoms with van der Waals surface area (Å²) in [5.74, 6) is 0. The van der Waals surface area contributed by atoms with Gasteiger partial charge < -0.3 is 10.1 Å². The van der Waals surface area contributed by atoms with Gasteiger partial charge in [-0.05, 0) is 13.0 Å². The lowest BCUT2D eigenvalue weighted by Gasteiger charge is -2.07. The molecule has 0 aromatic heterocycles. The summed E-state index contributed by atoms with van der Waals surface area (Å²) in [5.41, 5.74) is 0. The lowest BCUT2D eigenvalue weighted by atomic mass is 10.3. The van der Waals surface area contributed by atoms with Gasteiger partial charge in [-0.1, -0.05) is 0 Å². The van der Waals surface area contributed by atoms with Crippen LogP contribution in [-0.4, -0.2) is 40.3 Å². The van der Waals surface area contributed by atoms with Crippen molar-refractivity contribution in [3.63, 3.8) is 0 Å². The van der Waals surface area contributed by atoms with E-state index in [0.29, 0.717) is 16.3 Å². The van der Waals surface area contributed by atoms with E-state index in [4.69, 9.17) is 4.74 Å². The lowest BCUT2D eigenvalue weighted by molar-refractivity contribution is 0.132. The summed E-state index contributed by atoms with van der Waals surface area (Å²) in [6.07, 6.45) is 1.14. The van der Waals surface area contributed by atoms with Crippen molar-refractivity contribution < 1.29 is 9.53 Å². The molecule has 1 N–H and O–H groups in total. The Hall–Kier alpha value is -0.0375. The molecule has 1 saturated heterocycles. The van der Waals surface area contributed by atoms with Crippen molar-refractivity contribution >= 4 is 21.1 Å². The van der Waals surface area contributed by atoms with Crippen molar-refractivity contribution in [3.8, 4) is 0 Å². The monoisotopic (exact) mass is 143 g/mol. The van der Waals surface area contributed by atoms with Crippen LogP contribution in [0.2, 0.25) is 0 Å². The zero-order valence-electron chi connectivity index (χ0n) is 5.52. The Morgan fingerprint density at radius 3 is 3.00 bits per heavy atom. The van der Waals surface area contributed by atoms with Crippen LogP contribution in [0.1, 0.15) is 6.42 Å². The second-order valence-corrected chi connectivity index (χ2v) is 3.04. The summed E-state index contributed by atoms with van der Waals surface area (Å²) in [6.45, 7) is 1.83. The number of hydrogen-bond donors (Lipinski definition) is 1. The summed E-state index contributed by atoms with van der Waals surface area (Å²) in [4.78, 5) is 10.4. The molecule has 0 bridgehead atoms. The molecule has 1 unspecified atom stereocenters. The average Bonchev–Trinajstić information content (AvgIpc) is 2.15. The minimum atomic E-state index is -0.0382. The molecule has 3 nitrogen and oxygen atoms in total. The molecule has 1 rings (SSSR count). The SMILES string of the molecule is O=[C]([AlH2])OC1CCNC1. The maximum Gasteiger partial charge on any atom is 0.388 e. The predicted molar refractivity (Wildman–Crippen MR) is 36.3 cm³/mol. The van der Waals surface area contributed by atoms with Crippen molar-refractivity contribution in [2.24, 2.45) is 0 Å². The van der Waals surface area contributed by atoms with Crippen LogP contribution in [0.3, 0.4) is 0 Å². The molecular formula is C5H10AlNO2. The largest absolute Gasteiger partial charge is 0.476 e.